The molecule has 6 rings (SSSR count). The van der Waals surface area contributed by atoms with Gasteiger partial charge in [0.1, 0.15) is 25.2 Å². The standard InChI is InChI=1S/C34H43FN6O3.C2H3N/c1-24(2)40-19-20-43-27(21-40)23-44-34-36-29-22-41(30-10-5-9-26-8-4-7-25(3)32(26)30)14-12-28(29)33(37-34)39-17-15-38(16-18-39)31(42)11-6-13-35;1-2-3/h4-11,24,27H,12-23H2,1-3H3;1H3/b11-6+;. The molecular formula is C36H46FN7O3. The first kappa shape index (κ1) is 34.1. The molecule has 1 atom stereocenters. The molecule has 250 valence electrons. The van der Waals surface area contributed by atoms with E-state index in [1.807, 2.05) is 0 Å². The number of hydrogen-bond acceptors (Lipinski definition) is 9. The van der Waals surface area contributed by atoms with E-state index < -0.39 is 6.67 Å². The molecule has 3 aromatic rings. The van der Waals surface area contributed by atoms with Crippen molar-refractivity contribution in [3.05, 3.63) is 65.4 Å². The summed E-state index contributed by atoms with van der Waals surface area (Å²) in [6, 6.07) is 15.5. The lowest BCUT2D eigenvalue weighted by Crippen LogP contribution is -2.49. The van der Waals surface area contributed by atoms with E-state index in [0.29, 0.717) is 58.0 Å². The molecule has 0 radical (unpaired) electrons. The highest BCUT2D eigenvalue weighted by atomic mass is 19.1. The van der Waals surface area contributed by atoms with E-state index in [1.165, 1.54) is 41.1 Å². The van der Waals surface area contributed by atoms with Crippen LogP contribution in [0.3, 0.4) is 0 Å². The third kappa shape index (κ3) is 8.18. The molecule has 0 N–H and O–H groups in total. The van der Waals surface area contributed by atoms with E-state index in [1.54, 1.807) is 11.0 Å². The molecule has 0 aliphatic carbocycles. The molecule has 3 aliphatic rings. The Hall–Kier alpha value is -4.27. The number of rotatable bonds is 8. The Morgan fingerprint density at radius 2 is 1.85 bits per heavy atom. The first-order valence-corrected chi connectivity index (χ1v) is 16.5. The van der Waals surface area contributed by atoms with Gasteiger partial charge in [-0.2, -0.15) is 15.2 Å². The molecule has 0 saturated carbocycles. The maximum atomic E-state index is 12.6. The van der Waals surface area contributed by atoms with E-state index in [4.69, 9.17) is 24.7 Å². The minimum Gasteiger partial charge on any atom is -0.461 e. The summed E-state index contributed by atoms with van der Waals surface area (Å²) in [5.41, 5.74) is 4.59. The Kier molecular flexibility index (Phi) is 11.6. The quantitative estimate of drug-likeness (QED) is 0.324. The van der Waals surface area contributed by atoms with Gasteiger partial charge in [0.05, 0.1) is 24.9 Å². The molecule has 1 aromatic heterocycles. The van der Waals surface area contributed by atoms with Gasteiger partial charge in [0.25, 0.3) is 0 Å². The molecule has 11 heteroatoms. The van der Waals surface area contributed by atoms with Gasteiger partial charge in [0, 0.05) is 81.5 Å². The molecule has 2 aromatic carbocycles. The zero-order valence-corrected chi connectivity index (χ0v) is 28.0. The van der Waals surface area contributed by atoms with Gasteiger partial charge < -0.3 is 24.2 Å². The van der Waals surface area contributed by atoms with Crippen molar-refractivity contribution in [3.8, 4) is 12.1 Å². The summed E-state index contributed by atoms with van der Waals surface area (Å²) in [5, 5.41) is 9.83. The molecule has 10 nitrogen and oxygen atoms in total. The fourth-order valence-corrected chi connectivity index (χ4v) is 6.56. The van der Waals surface area contributed by atoms with Crippen LogP contribution >= 0.6 is 0 Å². The first-order valence-electron chi connectivity index (χ1n) is 16.5. The van der Waals surface area contributed by atoms with Crippen LogP contribution in [0.1, 0.15) is 37.6 Å². The summed E-state index contributed by atoms with van der Waals surface area (Å²) in [6.45, 7) is 14.1. The molecule has 47 heavy (non-hydrogen) atoms. The van der Waals surface area contributed by atoms with E-state index in [-0.39, 0.29) is 12.0 Å². The van der Waals surface area contributed by atoms with Crippen LogP contribution in [0.25, 0.3) is 10.8 Å². The SMILES string of the molecule is CC#N.Cc1cccc2cccc(N3CCc4c(nc(OCC5CN(C(C)C)CCO5)nc4N4CCN(C(=O)/C=C/CF)CC4)C3)c12. The summed E-state index contributed by atoms with van der Waals surface area (Å²) in [7, 11) is 0. The van der Waals surface area contributed by atoms with Crippen LogP contribution < -0.4 is 14.5 Å². The monoisotopic (exact) mass is 643 g/mol. The third-order valence-corrected chi connectivity index (χ3v) is 8.99. The highest BCUT2D eigenvalue weighted by Gasteiger charge is 2.30. The largest absolute Gasteiger partial charge is 0.461 e. The summed E-state index contributed by atoms with van der Waals surface area (Å²) in [6.07, 6.45) is 3.35. The highest BCUT2D eigenvalue weighted by Crippen LogP contribution is 2.35. The van der Waals surface area contributed by atoms with E-state index >= 15 is 0 Å². The van der Waals surface area contributed by atoms with Gasteiger partial charge in [-0.15, -0.1) is 0 Å². The van der Waals surface area contributed by atoms with Crippen molar-refractivity contribution in [3.63, 3.8) is 0 Å². The number of halogens is 1. The Labute approximate surface area is 277 Å². The number of benzene rings is 2. The Balaban J connectivity index is 0.00000139. The summed E-state index contributed by atoms with van der Waals surface area (Å²) in [5.74, 6) is 0.735. The fourth-order valence-electron chi connectivity index (χ4n) is 6.56. The number of ether oxygens (including phenoxy) is 2. The minimum atomic E-state index is -0.641. The molecular weight excluding hydrogens is 597 g/mol. The topological polar surface area (TPSA) is 98.1 Å². The van der Waals surface area contributed by atoms with Gasteiger partial charge in [-0.1, -0.05) is 30.3 Å². The number of carbonyl (C=O) groups is 1. The van der Waals surface area contributed by atoms with Crippen molar-refractivity contribution >= 4 is 28.2 Å². The number of piperazine rings is 1. The Morgan fingerprint density at radius 3 is 2.57 bits per heavy atom. The van der Waals surface area contributed by atoms with Crippen LogP contribution in [0.4, 0.5) is 15.9 Å². The second-order valence-corrected chi connectivity index (χ2v) is 12.4. The molecule has 0 bridgehead atoms. The highest BCUT2D eigenvalue weighted by molar-refractivity contribution is 5.97. The number of amides is 1. The van der Waals surface area contributed by atoms with Gasteiger partial charge in [-0.25, -0.2) is 4.39 Å². The normalized spacial score (nSPS) is 18.6. The number of nitrogens with zero attached hydrogens (tertiary/aromatic N) is 7. The van der Waals surface area contributed by atoms with Crippen molar-refractivity contribution in [2.24, 2.45) is 0 Å². The lowest BCUT2D eigenvalue weighted by molar-refractivity contribution is -0.126. The van der Waals surface area contributed by atoms with Crippen LogP contribution in [-0.4, -0.2) is 104 Å². The van der Waals surface area contributed by atoms with E-state index in [0.717, 1.165) is 43.1 Å². The number of aromatic nitrogens is 2. The average Bonchev–Trinajstić information content (AvgIpc) is 3.09. The molecule has 3 aliphatic heterocycles. The molecule has 4 heterocycles. The van der Waals surface area contributed by atoms with Gasteiger partial charge in [0.2, 0.25) is 5.91 Å². The van der Waals surface area contributed by atoms with Crippen LogP contribution in [0, 0.1) is 18.3 Å². The second kappa shape index (κ2) is 16.0. The zero-order valence-electron chi connectivity index (χ0n) is 28.0. The number of morpholine rings is 1. The van der Waals surface area contributed by atoms with Crippen molar-refractivity contribution in [2.75, 3.05) is 75.5 Å². The molecule has 1 unspecified atom stereocenters. The maximum Gasteiger partial charge on any atom is 0.318 e. The fraction of sp³-hybridized carbons (Fsp3) is 0.500. The van der Waals surface area contributed by atoms with E-state index in [2.05, 4.69) is 71.9 Å². The third-order valence-electron chi connectivity index (χ3n) is 8.99. The number of fused-ring (bicyclic) bond motifs is 2. The van der Waals surface area contributed by atoms with Gasteiger partial charge in [0.15, 0.2) is 0 Å². The number of aryl methyl sites for hydroxylation is 1. The summed E-state index contributed by atoms with van der Waals surface area (Å²) in [4.78, 5) is 31.2. The lowest BCUT2D eigenvalue weighted by Gasteiger charge is -2.38. The van der Waals surface area contributed by atoms with Crippen molar-refractivity contribution < 1.29 is 18.7 Å². The van der Waals surface area contributed by atoms with Crippen LogP contribution in [0.2, 0.25) is 0 Å². The van der Waals surface area contributed by atoms with Crippen molar-refractivity contribution in [2.45, 2.75) is 52.8 Å². The zero-order chi connectivity index (χ0) is 33.3. The number of anilines is 2. The average molecular weight is 644 g/mol. The first-order chi connectivity index (χ1) is 22.8. The molecule has 0 spiro atoms. The van der Waals surface area contributed by atoms with Crippen molar-refractivity contribution in [1.82, 2.24) is 19.8 Å². The second-order valence-electron chi connectivity index (χ2n) is 12.4. The molecule has 2 saturated heterocycles. The van der Waals surface area contributed by atoms with Crippen LogP contribution in [-0.2, 0) is 22.5 Å². The minimum absolute atomic E-state index is 0.0451. The number of carbonyl (C=O) groups excluding carboxylic acids is 1. The predicted molar refractivity (Wildman–Crippen MR) is 183 cm³/mol. The van der Waals surface area contributed by atoms with Crippen LogP contribution in [0.15, 0.2) is 48.6 Å². The van der Waals surface area contributed by atoms with Crippen LogP contribution in [0.5, 0.6) is 6.01 Å². The summed E-state index contributed by atoms with van der Waals surface area (Å²) >= 11 is 0. The Morgan fingerprint density at radius 1 is 1.11 bits per heavy atom. The lowest BCUT2D eigenvalue weighted by atomic mass is 9.99. The number of nitriles is 1. The van der Waals surface area contributed by atoms with Crippen molar-refractivity contribution in [1.29, 1.82) is 5.26 Å². The molecule has 2 fully saturated rings. The smallest absolute Gasteiger partial charge is 0.318 e. The predicted octanol–water partition coefficient (Wildman–Crippen LogP) is 4.69. The van der Waals surface area contributed by atoms with E-state index in [9.17, 15) is 9.18 Å². The summed E-state index contributed by atoms with van der Waals surface area (Å²) < 4.78 is 24.9. The van der Waals surface area contributed by atoms with Gasteiger partial charge >= 0.3 is 6.01 Å². The Bertz CT molecular complexity index is 1590. The number of alkyl halides is 1. The number of hydrogen-bond donors (Lipinski definition) is 0. The maximum absolute atomic E-state index is 12.6. The number of allylic oxidation sites excluding steroid dienone is 1. The van der Waals surface area contributed by atoms with Gasteiger partial charge in [-0.05, 0) is 50.3 Å². The molecule has 1 amide bonds. The van der Waals surface area contributed by atoms with Gasteiger partial charge in [-0.3, -0.25) is 9.69 Å².